The van der Waals surface area contributed by atoms with E-state index in [0.717, 1.165) is 31.3 Å². The van der Waals surface area contributed by atoms with Crippen LogP contribution in [0.2, 0.25) is 0 Å². The Kier molecular flexibility index (Phi) is 4.14. The number of hydrogen-bond acceptors (Lipinski definition) is 2. The van der Waals surface area contributed by atoms with Gasteiger partial charge >= 0.3 is 0 Å². The average molecular weight is 196 g/mol. The molecule has 0 aliphatic heterocycles. The van der Waals surface area contributed by atoms with Crippen LogP contribution in [0.1, 0.15) is 32.6 Å². The van der Waals surface area contributed by atoms with Crippen LogP contribution < -0.4 is 11.1 Å². The molecule has 0 spiro atoms. The molecular weight excluding hydrogens is 176 g/mol. The zero-order chi connectivity index (χ0) is 10.6. The van der Waals surface area contributed by atoms with Gasteiger partial charge in [0.25, 0.3) is 0 Å². The molecule has 1 fully saturated rings. The highest BCUT2D eigenvalue weighted by molar-refractivity contribution is 5.78. The van der Waals surface area contributed by atoms with E-state index in [0.29, 0.717) is 12.6 Å². The van der Waals surface area contributed by atoms with E-state index in [1.54, 1.807) is 0 Å². The minimum Gasteiger partial charge on any atom is -0.352 e. The zero-order valence-electron chi connectivity index (χ0n) is 8.88. The van der Waals surface area contributed by atoms with Gasteiger partial charge in [0.15, 0.2) is 0 Å². The van der Waals surface area contributed by atoms with Gasteiger partial charge in [-0.15, -0.1) is 0 Å². The fraction of sp³-hybridized carbons (Fsp3) is 0.727. The van der Waals surface area contributed by atoms with E-state index in [-0.39, 0.29) is 11.8 Å². The maximum absolute atomic E-state index is 11.6. The summed E-state index contributed by atoms with van der Waals surface area (Å²) < 4.78 is 0. The van der Waals surface area contributed by atoms with Crippen LogP contribution in [0.15, 0.2) is 12.2 Å². The molecule has 0 aromatic rings. The lowest BCUT2D eigenvalue weighted by molar-refractivity contribution is -0.125. The highest BCUT2D eigenvalue weighted by Crippen LogP contribution is 2.23. The van der Waals surface area contributed by atoms with E-state index < -0.39 is 0 Å². The van der Waals surface area contributed by atoms with Crippen molar-refractivity contribution in [3.05, 3.63) is 12.2 Å². The van der Waals surface area contributed by atoms with Gasteiger partial charge in [-0.1, -0.05) is 12.2 Å². The average Bonchev–Trinajstić information content (AvgIpc) is 2.15. The second-order valence-electron chi connectivity index (χ2n) is 4.29. The Hall–Kier alpha value is -0.830. The standard InChI is InChI=1S/C11H20N2O/c1-8(2)7-13-11(14)9-3-5-10(12)6-4-9/h9-10H,1,3-7,12H2,2H3,(H,13,14). The van der Waals surface area contributed by atoms with Gasteiger partial charge in [0, 0.05) is 18.5 Å². The minimum absolute atomic E-state index is 0.167. The quantitative estimate of drug-likeness (QED) is 0.666. The molecule has 14 heavy (non-hydrogen) atoms. The first-order valence-electron chi connectivity index (χ1n) is 5.27. The van der Waals surface area contributed by atoms with Crippen molar-refractivity contribution < 1.29 is 4.79 Å². The summed E-state index contributed by atoms with van der Waals surface area (Å²) in [7, 11) is 0. The molecular formula is C11H20N2O. The van der Waals surface area contributed by atoms with Gasteiger partial charge in [0.1, 0.15) is 0 Å². The lowest BCUT2D eigenvalue weighted by Crippen LogP contribution is -2.36. The fourth-order valence-corrected chi connectivity index (χ4v) is 1.76. The third-order valence-electron chi connectivity index (χ3n) is 2.71. The van der Waals surface area contributed by atoms with Crippen LogP contribution in [-0.2, 0) is 4.79 Å². The molecule has 3 heteroatoms. The predicted molar refractivity (Wildman–Crippen MR) is 57.8 cm³/mol. The summed E-state index contributed by atoms with van der Waals surface area (Å²) in [6.45, 7) is 6.26. The van der Waals surface area contributed by atoms with Gasteiger partial charge in [0.05, 0.1) is 0 Å². The van der Waals surface area contributed by atoms with Crippen LogP contribution in [-0.4, -0.2) is 18.5 Å². The summed E-state index contributed by atoms with van der Waals surface area (Å²) in [5.74, 6) is 0.342. The second-order valence-corrected chi connectivity index (χ2v) is 4.29. The predicted octanol–water partition coefficient (Wildman–Crippen LogP) is 1.20. The molecule has 0 unspecified atom stereocenters. The largest absolute Gasteiger partial charge is 0.352 e. The molecule has 0 radical (unpaired) electrons. The number of nitrogens with two attached hydrogens (primary N) is 1. The summed E-state index contributed by atoms with van der Waals surface area (Å²) in [5.41, 5.74) is 6.76. The topological polar surface area (TPSA) is 55.1 Å². The van der Waals surface area contributed by atoms with Crippen LogP contribution >= 0.6 is 0 Å². The summed E-state index contributed by atoms with van der Waals surface area (Å²) in [4.78, 5) is 11.6. The number of carbonyl (C=O) groups is 1. The number of nitrogens with one attached hydrogen (secondary N) is 1. The van der Waals surface area contributed by atoms with E-state index in [4.69, 9.17) is 5.73 Å². The SMILES string of the molecule is C=C(C)CNC(=O)C1CCC(N)CC1. The number of amides is 1. The fourth-order valence-electron chi connectivity index (χ4n) is 1.76. The highest BCUT2D eigenvalue weighted by atomic mass is 16.1. The Labute approximate surface area is 85.7 Å². The molecule has 80 valence electrons. The highest BCUT2D eigenvalue weighted by Gasteiger charge is 2.23. The third-order valence-corrected chi connectivity index (χ3v) is 2.71. The second kappa shape index (κ2) is 5.15. The van der Waals surface area contributed by atoms with Crippen molar-refractivity contribution in [2.45, 2.75) is 38.6 Å². The monoisotopic (exact) mass is 196 g/mol. The third kappa shape index (κ3) is 3.50. The maximum atomic E-state index is 11.6. The van der Waals surface area contributed by atoms with Crippen LogP contribution in [0.5, 0.6) is 0 Å². The van der Waals surface area contributed by atoms with Gasteiger partial charge in [-0.05, 0) is 32.6 Å². The van der Waals surface area contributed by atoms with Crippen LogP contribution in [0.25, 0.3) is 0 Å². The Morgan fingerprint density at radius 2 is 2.00 bits per heavy atom. The van der Waals surface area contributed by atoms with Crippen molar-refractivity contribution in [1.29, 1.82) is 0 Å². The molecule has 0 aromatic heterocycles. The Morgan fingerprint density at radius 1 is 1.43 bits per heavy atom. The van der Waals surface area contributed by atoms with Crippen LogP contribution in [0.3, 0.4) is 0 Å². The lowest BCUT2D eigenvalue weighted by Gasteiger charge is -2.25. The smallest absolute Gasteiger partial charge is 0.223 e. The summed E-state index contributed by atoms with van der Waals surface area (Å²) >= 11 is 0. The molecule has 0 heterocycles. The molecule has 0 saturated heterocycles. The lowest BCUT2D eigenvalue weighted by atomic mass is 9.86. The molecule has 3 nitrogen and oxygen atoms in total. The van der Waals surface area contributed by atoms with E-state index in [1.165, 1.54) is 0 Å². The maximum Gasteiger partial charge on any atom is 0.223 e. The van der Waals surface area contributed by atoms with E-state index in [1.807, 2.05) is 6.92 Å². The zero-order valence-corrected chi connectivity index (χ0v) is 8.88. The molecule has 1 amide bonds. The molecule has 1 aliphatic carbocycles. The van der Waals surface area contributed by atoms with Crippen molar-refractivity contribution in [3.63, 3.8) is 0 Å². The number of rotatable bonds is 3. The molecule has 0 atom stereocenters. The van der Waals surface area contributed by atoms with E-state index in [2.05, 4.69) is 11.9 Å². The summed E-state index contributed by atoms with van der Waals surface area (Å²) in [6, 6.07) is 0.306. The van der Waals surface area contributed by atoms with Gasteiger partial charge in [-0.3, -0.25) is 4.79 Å². The van der Waals surface area contributed by atoms with Crippen molar-refractivity contribution >= 4 is 5.91 Å². The van der Waals surface area contributed by atoms with Crippen LogP contribution in [0, 0.1) is 5.92 Å². The van der Waals surface area contributed by atoms with Crippen molar-refractivity contribution in [2.75, 3.05) is 6.54 Å². The normalized spacial score (nSPS) is 27.0. The summed E-state index contributed by atoms with van der Waals surface area (Å²) in [6.07, 6.45) is 3.82. The van der Waals surface area contributed by atoms with Crippen molar-refractivity contribution in [1.82, 2.24) is 5.32 Å². The first kappa shape index (κ1) is 11.2. The number of hydrogen-bond donors (Lipinski definition) is 2. The van der Waals surface area contributed by atoms with Gasteiger partial charge in [-0.2, -0.15) is 0 Å². The van der Waals surface area contributed by atoms with E-state index in [9.17, 15) is 4.79 Å². The van der Waals surface area contributed by atoms with Crippen molar-refractivity contribution in [3.8, 4) is 0 Å². The minimum atomic E-state index is 0.167. The molecule has 1 rings (SSSR count). The number of carbonyl (C=O) groups excluding carboxylic acids is 1. The molecule has 1 aliphatic rings. The van der Waals surface area contributed by atoms with Crippen molar-refractivity contribution in [2.24, 2.45) is 11.7 Å². The van der Waals surface area contributed by atoms with Gasteiger partial charge in [-0.25, -0.2) is 0 Å². The first-order valence-corrected chi connectivity index (χ1v) is 5.27. The van der Waals surface area contributed by atoms with Crippen LogP contribution in [0.4, 0.5) is 0 Å². The summed E-state index contributed by atoms with van der Waals surface area (Å²) in [5, 5.41) is 2.89. The Balaban J connectivity index is 2.27. The molecule has 1 saturated carbocycles. The Bertz CT molecular complexity index is 217. The molecule has 0 bridgehead atoms. The molecule has 3 N–H and O–H groups in total. The molecule has 0 aromatic carbocycles. The van der Waals surface area contributed by atoms with Gasteiger partial charge < -0.3 is 11.1 Å². The van der Waals surface area contributed by atoms with Gasteiger partial charge in [0.2, 0.25) is 5.91 Å². The first-order chi connectivity index (χ1) is 6.59. The Morgan fingerprint density at radius 3 is 2.50 bits per heavy atom. The van der Waals surface area contributed by atoms with E-state index >= 15 is 0 Å².